The Morgan fingerprint density at radius 2 is 1.10 bits per heavy atom. The first-order chi connectivity index (χ1) is 28.4. The van der Waals surface area contributed by atoms with Gasteiger partial charge in [-0.25, -0.2) is 0 Å². The summed E-state index contributed by atoms with van der Waals surface area (Å²) in [5.41, 5.74) is 8.48. The largest absolute Gasteiger partial charge is 0.481 e. The summed E-state index contributed by atoms with van der Waals surface area (Å²) >= 11 is 0. The third kappa shape index (κ3) is 27.5. The van der Waals surface area contributed by atoms with E-state index in [1.54, 1.807) is 13.8 Å². The number of nitrogens with zero attached hydrogens (tertiary/aromatic N) is 3. The minimum absolute atomic E-state index is 0.0179. The number of azide groups is 1. The first-order valence-electron chi connectivity index (χ1n) is 19.5. The van der Waals surface area contributed by atoms with Crippen LogP contribution in [0.2, 0.25) is 0 Å². The highest BCUT2D eigenvalue weighted by Gasteiger charge is 2.34. The average molecular weight is 861 g/mol. The van der Waals surface area contributed by atoms with Gasteiger partial charge in [0.25, 0.3) is 0 Å². The third-order valence-corrected chi connectivity index (χ3v) is 8.74. The average Bonchev–Trinajstić information content (AvgIpc) is 3.16. The van der Waals surface area contributed by atoms with Crippen LogP contribution in [0.3, 0.4) is 0 Å². The highest BCUT2D eigenvalue weighted by molar-refractivity contribution is 5.97. The van der Waals surface area contributed by atoms with Gasteiger partial charge in [-0.15, -0.1) is 0 Å². The van der Waals surface area contributed by atoms with Gasteiger partial charge < -0.3 is 55.3 Å². The molecular formula is C37H60N6O17. The molecule has 3 amide bonds. The van der Waals surface area contributed by atoms with Crippen LogP contribution < -0.4 is 16.0 Å². The van der Waals surface area contributed by atoms with Gasteiger partial charge in [-0.2, -0.15) is 0 Å². The lowest BCUT2D eigenvalue weighted by Crippen LogP contribution is -2.49. The number of amides is 3. The molecule has 0 aliphatic rings. The number of nitrogens with one attached hydrogen (secondary N) is 3. The molecule has 0 rings (SSSR count). The Labute approximate surface area is 347 Å². The van der Waals surface area contributed by atoms with Gasteiger partial charge in [0, 0.05) is 55.0 Å². The van der Waals surface area contributed by atoms with Gasteiger partial charge in [-0.05, 0) is 30.7 Å². The quantitative estimate of drug-likeness (QED) is 0.0197. The molecule has 0 fully saturated rings. The van der Waals surface area contributed by atoms with Crippen LogP contribution in [0.25, 0.3) is 10.4 Å². The molecular weight excluding hydrogens is 800 g/mol. The van der Waals surface area contributed by atoms with Crippen molar-refractivity contribution in [2.75, 3.05) is 65.9 Å². The Balaban J connectivity index is 5.21. The Bertz CT molecular complexity index is 1450. The summed E-state index contributed by atoms with van der Waals surface area (Å²) in [6, 6.07) is -3.01. The number of ketones is 2. The van der Waals surface area contributed by atoms with Crippen molar-refractivity contribution in [1.82, 2.24) is 16.0 Å². The van der Waals surface area contributed by atoms with Crippen LogP contribution in [0.15, 0.2) is 5.11 Å². The molecule has 0 unspecified atom stereocenters. The van der Waals surface area contributed by atoms with Gasteiger partial charge in [0.1, 0.15) is 0 Å². The zero-order valence-corrected chi connectivity index (χ0v) is 34.3. The molecule has 0 aliphatic heterocycles. The molecule has 0 heterocycles. The molecule has 5 atom stereocenters. The Hall–Kier alpha value is -5.22. The minimum atomic E-state index is -1.57. The maximum atomic E-state index is 13.5. The van der Waals surface area contributed by atoms with Crippen LogP contribution in [0.5, 0.6) is 0 Å². The fourth-order valence-electron chi connectivity index (χ4n) is 5.43. The minimum Gasteiger partial charge on any atom is -0.481 e. The molecule has 0 aromatic rings. The van der Waals surface area contributed by atoms with Gasteiger partial charge in [0.15, 0.2) is 11.6 Å². The maximum Gasteiger partial charge on any atom is 0.305 e. The van der Waals surface area contributed by atoms with Crippen LogP contribution >= 0.6 is 0 Å². The molecule has 60 heavy (non-hydrogen) atoms. The predicted molar refractivity (Wildman–Crippen MR) is 207 cm³/mol. The summed E-state index contributed by atoms with van der Waals surface area (Å²) in [5, 5.41) is 47.3. The van der Waals surface area contributed by atoms with Crippen molar-refractivity contribution in [1.29, 1.82) is 0 Å². The van der Waals surface area contributed by atoms with Gasteiger partial charge in [-0.1, -0.05) is 25.9 Å². The molecule has 0 aromatic heterocycles. The normalized spacial score (nSPS) is 13.5. The summed E-state index contributed by atoms with van der Waals surface area (Å²) in [5.74, 6) is -12.6. The Morgan fingerprint density at radius 3 is 1.62 bits per heavy atom. The van der Waals surface area contributed by atoms with Crippen LogP contribution in [0.1, 0.15) is 78.6 Å². The molecule has 0 saturated carbocycles. The SMILES string of the molecule is CC(C)[C@H](CC(=O)[C@H](CCC(=O)O)NC(=O)[C@@H](CCCN=[N+]=[N-])CC(=O)O)C(=O)N[C@@H](CC(=O)O)C(=O)C[C@@H](C)C(=O)NCCOCCOCCOCCOCCC(=O)O. The second kappa shape index (κ2) is 32.6. The molecule has 0 spiro atoms. The lowest BCUT2D eigenvalue weighted by atomic mass is 9.86. The van der Waals surface area contributed by atoms with Crippen molar-refractivity contribution in [2.24, 2.45) is 28.8 Å². The van der Waals surface area contributed by atoms with E-state index in [0.29, 0.717) is 6.61 Å². The third-order valence-electron chi connectivity index (χ3n) is 8.74. The van der Waals surface area contributed by atoms with E-state index < -0.39 is 121 Å². The summed E-state index contributed by atoms with van der Waals surface area (Å²) < 4.78 is 21.1. The standard InChI is InChI=1S/C37H60N6O17/c1-23(2)26(21-30(45)27(6-7-31(46)47)41-36(55)25(20-33(50)51)5-4-9-40-43-38)37(56)42-28(22-34(52)53)29(44)19-24(3)35(54)39-10-12-58-14-16-60-18-17-59-15-13-57-11-8-32(48)49/h23-28H,4-22H2,1-3H3,(H,39,54)(H,41,55)(H,42,56)(H,46,47)(H,48,49)(H,50,51)(H,52,53)/t24-,25+,26+,27+,28+/m1/s1. The summed E-state index contributed by atoms with van der Waals surface area (Å²) in [4.78, 5) is 113. The summed E-state index contributed by atoms with van der Waals surface area (Å²) in [6.07, 6.45) is -3.35. The summed E-state index contributed by atoms with van der Waals surface area (Å²) in [7, 11) is 0. The molecule has 23 heteroatoms. The first kappa shape index (κ1) is 54.8. The lowest BCUT2D eigenvalue weighted by Gasteiger charge is -2.26. The number of carbonyl (C=O) groups is 9. The number of Topliss-reactive ketones (excluding diaryl/α,β-unsaturated/α-hetero) is 2. The van der Waals surface area contributed by atoms with Crippen molar-refractivity contribution in [2.45, 2.75) is 90.6 Å². The first-order valence-corrected chi connectivity index (χ1v) is 19.5. The van der Waals surface area contributed by atoms with Crippen molar-refractivity contribution in [3.05, 3.63) is 10.4 Å². The van der Waals surface area contributed by atoms with Crippen molar-refractivity contribution >= 4 is 53.2 Å². The predicted octanol–water partition coefficient (Wildman–Crippen LogP) is 0.961. The Kier molecular flexibility index (Phi) is 29.8. The van der Waals surface area contributed by atoms with E-state index in [4.69, 9.17) is 29.6 Å². The second-order valence-electron chi connectivity index (χ2n) is 14.0. The van der Waals surface area contributed by atoms with E-state index >= 15 is 0 Å². The number of aliphatic carboxylic acids is 4. The van der Waals surface area contributed by atoms with Gasteiger partial charge >= 0.3 is 23.9 Å². The van der Waals surface area contributed by atoms with Crippen LogP contribution in [0, 0.1) is 23.7 Å². The lowest BCUT2D eigenvalue weighted by molar-refractivity contribution is -0.142. The highest BCUT2D eigenvalue weighted by atomic mass is 16.6. The van der Waals surface area contributed by atoms with E-state index in [-0.39, 0.29) is 85.0 Å². The van der Waals surface area contributed by atoms with E-state index in [2.05, 4.69) is 26.0 Å². The highest BCUT2D eigenvalue weighted by Crippen LogP contribution is 2.21. The molecule has 340 valence electrons. The number of carboxylic acids is 4. The number of hydrogen-bond acceptors (Lipinski definition) is 14. The van der Waals surface area contributed by atoms with Gasteiger partial charge in [-0.3, -0.25) is 43.2 Å². The van der Waals surface area contributed by atoms with Crippen molar-refractivity contribution < 1.29 is 82.5 Å². The number of hydrogen-bond donors (Lipinski definition) is 7. The topological polar surface area (TPSA) is 356 Å². The molecule has 0 aromatic carbocycles. The van der Waals surface area contributed by atoms with Crippen molar-refractivity contribution in [3.8, 4) is 0 Å². The van der Waals surface area contributed by atoms with E-state index in [0.717, 1.165) is 0 Å². The van der Waals surface area contributed by atoms with E-state index in [1.165, 1.54) is 6.92 Å². The second-order valence-corrected chi connectivity index (χ2v) is 14.0. The molecule has 0 bridgehead atoms. The Morgan fingerprint density at radius 1 is 0.583 bits per heavy atom. The van der Waals surface area contributed by atoms with Crippen LogP contribution in [-0.2, 0) is 62.1 Å². The van der Waals surface area contributed by atoms with Crippen LogP contribution in [0.4, 0.5) is 0 Å². The molecule has 23 nitrogen and oxygen atoms in total. The molecule has 0 radical (unpaired) electrons. The molecule has 7 N–H and O–H groups in total. The number of rotatable bonds is 38. The molecule has 0 saturated heterocycles. The monoisotopic (exact) mass is 860 g/mol. The fraction of sp³-hybridized carbons (Fsp3) is 0.757. The number of ether oxygens (including phenoxy) is 4. The van der Waals surface area contributed by atoms with Gasteiger partial charge in [0.2, 0.25) is 17.7 Å². The van der Waals surface area contributed by atoms with Gasteiger partial charge in [0.05, 0.1) is 84.2 Å². The van der Waals surface area contributed by atoms with E-state index in [1.807, 2.05) is 0 Å². The zero-order chi connectivity index (χ0) is 45.5. The van der Waals surface area contributed by atoms with Crippen molar-refractivity contribution in [3.63, 3.8) is 0 Å². The number of carbonyl (C=O) groups excluding carboxylic acids is 5. The van der Waals surface area contributed by atoms with E-state index in [9.17, 15) is 58.5 Å². The molecule has 0 aliphatic carbocycles. The smallest absolute Gasteiger partial charge is 0.305 e. The summed E-state index contributed by atoms with van der Waals surface area (Å²) in [6.45, 7) is 6.49. The maximum absolute atomic E-state index is 13.5. The zero-order valence-electron chi connectivity index (χ0n) is 34.3. The number of carboxylic acid groups (broad SMARTS) is 4. The van der Waals surface area contributed by atoms with Crippen LogP contribution in [-0.4, -0.2) is 152 Å². The fourth-order valence-corrected chi connectivity index (χ4v) is 5.43.